The zero-order valence-electron chi connectivity index (χ0n) is 8.25. The number of amides is 1. The third-order valence-electron chi connectivity index (χ3n) is 2.42. The van der Waals surface area contributed by atoms with Gasteiger partial charge in [-0.2, -0.15) is 0 Å². The Kier molecular flexibility index (Phi) is 2.74. The molecule has 1 amide bonds. The van der Waals surface area contributed by atoms with Gasteiger partial charge in [-0.3, -0.25) is 9.59 Å². The molecule has 1 aliphatic heterocycles. The molecule has 0 radical (unpaired) electrons. The Morgan fingerprint density at radius 2 is 2.25 bits per heavy atom. The van der Waals surface area contributed by atoms with Gasteiger partial charge in [0, 0.05) is 6.42 Å². The average Bonchev–Trinajstić information content (AvgIpc) is 2.84. The number of rotatable bonds is 2. The molecular weight excluding hydrogens is 230 g/mol. The molecule has 1 aliphatic rings. The average molecular weight is 239 g/mol. The number of hydrogen-bond acceptors (Lipinski definition) is 4. The predicted octanol–water partition coefficient (Wildman–Crippen LogP) is 0.616. The summed E-state index contributed by atoms with van der Waals surface area (Å²) in [5.74, 6) is -1.72. The third kappa shape index (κ3) is 1.83. The van der Waals surface area contributed by atoms with Crippen molar-refractivity contribution in [3.05, 3.63) is 22.4 Å². The Balaban J connectivity index is 2.23. The van der Waals surface area contributed by atoms with E-state index in [-0.39, 0.29) is 24.7 Å². The van der Waals surface area contributed by atoms with Crippen LogP contribution in [0.3, 0.4) is 0 Å². The van der Waals surface area contributed by atoms with E-state index in [9.17, 15) is 14.4 Å². The van der Waals surface area contributed by atoms with Gasteiger partial charge in [0.2, 0.25) is 0 Å². The number of Topliss-reactive ketones (excluding diaryl/α,β-unsaturated/α-hetero) is 1. The van der Waals surface area contributed by atoms with Gasteiger partial charge in [0.25, 0.3) is 5.91 Å². The number of carboxylic acid groups (broad SMARTS) is 1. The lowest BCUT2D eigenvalue weighted by atomic mass is 10.2. The summed E-state index contributed by atoms with van der Waals surface area (Å²) >= 11 is 1.24. The fraction of sp³-hybridized carbons (Fsp3) is 0.300. The Bertz CT molecular complexity index is 440. The lowest BCUT2D eigenvalue weighted by Gasteiger charge is -2.19. The molecule has 0 aliphatic carbocycles. The normalized spacial score (nSPS) is 20.1. The highest BCUT2D eigenvalue weighted by atomic mass is 32.1. The molecule has 1 atom stereocenters. The molecule has 1 fully saturated rings. The van der Waals surface area contributed by atoms with E-state index < -0.39 is 12.0 Å². The van der Waals surface area contributed by atoms with E-state index in [1.165, 1.54) is 11.3 Å². The maximum atomic E-state index is 11.9. The second-order valence-corrected chi connectivity index (χ2v) is 4.45. The summed E-state index contributed by atoms with van der Waals surface area (Å²) in [5.41, 5.74) is 0. The van der Waals surface area contributed by atoms with Crippen LogP contribution < -0.4 is 0 Å². The Hall–Kier alpha value is -1.69. The van der Waals surface area contributed by atoms with Crippen molar-refractivity contribution in [2.75, 3.05) is 6.54 Å². The van der Waals surface area contributed by atoms with Gasteiger partial charge in [0.15, 0.2) is 5.78 Å². The molecule has 1 aromatic rings. The van der Waals surface area contributed by atoms with Gasteiger partial charge in [-0.25, -0.2) is 4.79 Å². The van der Waals surface area contributed by atoms with Gasteiger partial charge < -0.3 is 10.0 Å². The minimum Gasteiger partial charge on any atom is -0.480 e. The number of carbonyl (C=O) groups excluding carboxylic acids is 2. The number of aliphatic carboxylic acids is 1. The Morgan fingerprint density at radius 3 is 2.81 bits per heavy atom. The summed E-state index contributed by atoms with van der Waals surface area (Å²) in [4.78, 5) is 35.5. The summed E-state index contributed by atoms with van der Waals surface area (Å²) in [6.07, 6.45) is -0.0908. The number of ketones is 1. The van der Waals surface area contributed by atoms with Crippen LogP contribution in [0, 0.1) is 0 Å². The zero-order valence-corrected chi connectivity index (χ0v) is 9.07. The van der Waals surface area contributed by atoms with Crippen LogP contribution in [-0.2, 0) is 9.59 Å². The SMILES string of the molecule is O=C1CC(C(=O)O)N(C(=O)c2cccs2)C1. The molecule has 1 N–H and O–H groups in total. The van der Waals surface area contributed by atoms with Crippen LogP contribution in [0.25, 0.3) is 0 Å². The van der Waals surface area contributed by atoms with E-state index in [1.54, 1.807) is 17.5 Å². The van der Waals surface area contributed by atoms with Crippen LogP contribution in [0.5, 0.6) is 0 Å². The van der Waals surface area contributed by atoms with Gasteiger partial charge in [0.05, 0.1) is 11.4 Å². The summed E-state index contributed by atoms with van der Waals surface area (Å²) in [5, 5.41) is 10.6. The van der Waals surface area contributed by atoms with E-state index in [4.69, 9.17) is 5.11 Å². The van der Waals surface area contributed by atoms with Crippen molar-refractivity contribution in [1.82, 2.24) is 4.90 Å². The van der Waals surface area contributed by atoms with Crippen molar-refractivity contribution in [3.63, 3.8) is 0 Å². The first kappa shape index (κ1) is 10.8. The second kappa shape index (κ2) is 4.05. The maximum absolute atomic E-state index is 11.9. The lowest BCUT2D eigenvalue weighted by Crippen LogP contribution is -2.40. The minimum atomic E-state index is -1.13. The maximum Gasteiger partial charge on any atom is 0.326 e. The molecule has 5 nitrogen and oxygen atoms in total. The van der Waals surface area contributed by atoms with E-state index in [2.05, 4.69) is 0 Å². The van der Waals surface area contributed by atoms with Crippen LogP contribution in [-0.4, -0.2) is 40.3 Å². The molecule has 84 valence electrons. The summed E-state index contributed by atoms with van der Waals surface area (Å²) in [6, 6.07) is 2.32. The van der Waals surface area contributed by atoms with Crippen molar-refractivity contribution in [3.8, 4) is 0 Å². The van der Waals surface area contributed by atoms with Gasteiger partial charge in [-0.05, 0) is 11.4 Å². The van der Waals surface area contributed by atoms with Crippen LogP contribution in [0.2, 0.25) is 0 Å². The fourth-order valence-electron chi connectivity index (χ4n) is 1.67. The fourth-order valence-corrected chi connectivity index (χ4v) is 2.35. The van der Waals surface area contributed by atoms with E-state index in [1.807, 2.05) is 0 Å². The molecule has 0 bridgehead atoms. The van der Waals surface area contributed by atoms with Gasteiger partial charge in [-0.15, -0.1) is 11.3 Å². The molecular formula is C10H9NO4S. The third-order valence-corrected chi connectivity index (χ3v) is 3.28. The minimum absolute atomic E-state index is 0.0908. The Morgan fingerprint density at radius 1 is 1.50 bits per heavy atom. The molecule has 2 heterocycles. The van der Waals surface area contributed by atoms with Crippen molar-refractivity contribution >= 4 is 29.0 Å². The monoisotopic (exact) mass is 239 g/mol. The van der Waals surface area contributed by atoms with Gasteiger partial charge in [-0.1, -0.05) is 6.07 Å². The summed E-state index contributed by atoms with van der Waals surface area (Å²) in [7, 11) is 0. The number of thiophene rings is 1. The van der Waals surface area contributed by atoms with Crippen LogP contribution >= 0.6 is 11.3 Å². The van der Waals surface area contributed by atoms with Crippen LogP contribution in [0.1, 0.15) is 16.1 Å². The van der Waals surface area contributed by atoms with Crippen LogP contribution in [0.15, 0.2) is 17.5 Å². The Labute approximate surface area is 95.3 Å². The standard InChI is InChI=1S/C10H9NO4S/c12-6-4-7(10(14)15)11(5-6)9(13)8-2-1-3-16-8/h1-3,7H,4-5H2,(H,14,15). The van der Waals surface area contributed by atoms with Crippen molar-refractivity contribution in [1.29, 1.82) is 0 Å². The molecule has 1 saturated heterocycles. The molecule has 0 aromatic carbocycles. The predicted molar refractivity (Wildman–Crippen MR) is 56.4 cm³/mol. The highest BCUT2D eigenvalue weighted by molar-refractivity contribution is 7.12. The van der Waals surface area contributed by atoms with E-state index >= 15 is 0 Å². The molecule has 6 heteroatoms. The zero-order chi connectivity index (χ0) is 11.7. The van der Waals surface area contributed by atoms with E-state index in [0.29, 0.717) is 4.88 Å². The second-order valence-electron chi connectivity index (χ2n) is 3.51. The first-order valence-electron chi connectivity index (χ1n) is 4.68. The summed E-state index contributed by atoms with van der Waals surface area (Å²) in [6.45, 7) is -0.103. The van der Waals surface area contributed by atoms with E-state index in [0.717, 1.165) is 4.90 Å². The number of carbonyl (C=O) groups is 3. The highest BCUT2D eigenvalue weighted by Crippen LogP contribution is 2.20. The number of nitrogens with zero attached hydrogens (tertiary/aromatic N) is 1. The van der Waals surface area contributed by atoms with Gasteiger partial charge in [0.1, 0.15) is 6.04 Å². The first-order chi connectivity index (χ1) is 7.59. The van der Waals surface area contributed by atoms with Crippen molar-refractivity contribution in [2.24, 2.45) is 0 Å². The smallest absolute Gasteiger partial charge is 0.326 e. The summed E-state index contributed by atoms with van der Waals surface area (Å²) < 4.78 is 0. The van der Waals surface area contributed by atoms with Crippen LogP contribution in [0.4, 0.5) is 0 Å². The lowest BCUT2D eigenvalue weighted by molar-refractivity contribution is -0.141. The number of carboxylic acids is 1. The molecule has 0 saturated carbocycles. The topological polar surface area (TPSA) is 74.7 Å². The molecule has 1 unspecified atom stereocenters. The first-order valence-corrected chi connectivity index (χ1v) is 5.56. The van der Waals surface area contributed by atoms with Gasteiger partial charge >= 0.3 is 5.97 Å². The van der Waals surface area contributed by atoms with Crippen molar-refractivity contribution in [2.45, 2.75) is 12.5 Å². The number of likely N-dealkylation sites (tertiary alicyclic amines) is 1. The molecule has 1 aromatic heterocycles. The van der Waals surface area contributed by atoms with Crippen molar-refractivity contribution < 1.29 is 19.5 Å². The largest absolute Gasteiger partial charge is 0.480 e. The molecule has 0 spiro atoms. The number of hydrogen-bond donors (Lipinski definition) is 1. The highest BCUT2D eigenvalue weighted by Gasteiger charge is 2.39. The molecule has 2 rings (SSSR count). The quantitative estimate of drug-likeness (QED) is 0.820. The molecule has 16 heavy (non-hydrogen) atoms.